The molecule has 1 spiro atoms. The van der Waals surface area contributed by atoms with E-state index in [2.05, 4.69) is 10.2 Å². The fourth-order valence-electron chi connectivity index (χ4n) is 8.51. The number of imide groups is 1. The minimum absolute atomic E-state index is 0.0248. The molecule has 1 aromatic carbocycles. The lowest BCUT2D eigenvalue weighted by Gasteiger charge is -2.46. The number of halogens is 1. The molecule has 5 amide bonds. The number of anilines is 1. The van der Waals surface area contributed by atoms with Crippen molar-refractivity contribution < 1.29 is 19.2 Å². The number of carbonyl (C=O) groups is 4. The summed E-state index contributed by atoms with van der Waals surface area (Å²) in [4.78, 5) is 55.9. The molecule has 43 heavy (non-hydrogen) atoms. The van der Waals surface area contributed by atoms with Crippen LogP contribution >= 0.6 is 11.6 Å². The summed E-state index contributed by atoms with van der Waals surface area (Å²) in [5.74, 6) is 1.96. The van der Waals surface area contributed by atoms with Crippen LogP contribution in [0.2, 0.25) is 5.02 Å². The lowest BCUT2D eigenvalue weighted by atomic mass is 9.64. The molecule has 2 aliphatic carbocycles. The van der Waals surface area contributed by atoms with Crippen molar-refractivity contribution in [2.45, 2.75) is 96.3 Å². The molecule has 5 aliphatic rings. The maximum absolute atomic E-state index is 13.5. The van der Waals surface area contributed by atoms with E-state index >= 15 is 0 Å². The first-order valence-corrected chi connectivity index (χ1v) is 17.2. The topological polar surface area (TPSA) is 90.0 Å². The Labute approximate surface area is 260 Å². The number of piperidine rings is 2. The molecule has 3 aliphatic heterocycles. The Bertz CT molecular complexity index is 1200. The van der Waals surface area contributed by atoms with Gasteiger partial charge in [0.15, 0.2) is 0 Å². The van der Waals surface area contributed by atoms with Crippen molar-refractivity contribution in [3.8, 4) is 0 Å². The summed E-state index contributed by atoms with van der Waals surface area (Å²) < 4.78 is 0. The summed E-state index contributed by atoms with van der Waals surface area (Å²) in [5, 5.41) is 2.71. The number of nitrogens with one attached hydrogen (secondary N) is 1. The van der Waals surface area contributed by atoms with E-state index in [1.807, 2.05) is 4.90 Å². The van der Waals surface area contributed by atoms with Crippen molar-refractivity contribution in [1.82, 2.24) is 15.1 Å². The monoisotopic (exact) mass is 610 g/mol. The summed E-state index contributed by atoms with van der Waals surface area (Å²) >= 11 is 6.39. The largest absolute Gasteiger partial charge is 0.342 e. The first-order chi connectivity index (χ1) is 20.8. The van der Waals surface area contributed by atoms with Crippen molar-refractivity contribution in [3.05, 3.63) is 28.8 Å². The Hall–Kier alpha value is -2.61. The molecule has 0 radical (unpaired) electrons. The summed E-state index contributed by atoms with van der Waals surface area (Å²) in [5.41, 5.74) is 1.34. The number of rotatable bonds is 5. The van der Waals surface area contributed by atoms with Gasteiger partial charge in [-0.3, -0.25) is 24.6 Å². The number of likely N-dealkylation sites (tertiary alicyclic amines) is 2. The number of benzene rings is 1. The van der Waals surface area contributed by atoms with E-state index in [1.165, 1.54) is 69.1 Å². The molecule has 6 rings (SSSR count). The van der Waals surface area contributed by atoms with Gasteiger partial charge in [-0.15, -0.1) is 0 Å². The van der Waals surface area contributed by atoms with Gasteiger partial charge in [0.2, 0.25) is 11.8 Å². The third kappa shape index (κ3) is 6.89. The number of hydrogen-bond donors (Lipinski definition) is 1. The van der Waals surface area contributed by atoms with Crippen LogP contribution < -0.4 is 10.2 Å². The molecule has 234 valence electrons. The highest BCUT2D eigenvalue weighted by Crippen LogP contribution is 2.48. The molecule has 0 atom stereocenters. The lowest BCUT2D eigenvalue weighted by Crippen LogP contribution is -2.49. The average Bonchev–Trinajstić information content (AvgIpc) is 3.03. The molecular formula is C34H47ClN4O4. The van der Waals surface area contributed by atoms with Gasteiger partial charge >= 0.3 is 6.03 Å². The lowest BCUT2D eigenvalue weighted by molar-refractivity contribution is -0.138. The fourth-order valence-corrected chi connectivity index (χ4v) is 8.73. The molecule has 1 N–H and O–H groups in total. The first kappa shape index (κ1) is 30.4. The van der Waals surface area contributed by atoms with Crippen LogP contribution in [0.1, 0.15) is 107 Å². The van der Waals surface area contributed by atoms with E-state index in [9.17, 15) is 19.2 Å². The Morgan fingerprint density at radius 2 is 1.49 bits per heavy atom. The molecular weight excluding hydrogens is 564 g/mol. The molecule has 5 fully saturated rings. The SMILES string of the molecule is O=C1CCN(c2cc(C(=O)N3CCC4(CCC(CC5CCN(C(=O)C6CCCCC6)CC5)CC4)CC3)ccc2Cl)C(=O)N1. The summed E-state index contributed by atoms with van der Waals surface area (Å²) in [6.07, 6.45) is 17.0. The van der Waals surface area contributed by atoms with Crippen molar-refractivity contribution in [1.29, 1.82) is 0 Å². The molecule has 8 nitrogen and oxygen atoms in total. The Kier molecular flexibility index (Phi) is 9.32. The average molecular weight is 611 g/mol. The van der Waals surface area contributed by atoms with Crippen LogP contribution in [-0.4, -0.2) is 66.3 Å². The van der Waals surface area contributed by atoms with Gasteiger partial charge in [0.1, 0.15) is 0 Å². The highest BCUT2D eigenvalue weighted by atomic mass is 35.5. The molecule has 0 aromatic heterocycles. The van der Waals surface area contributed by atoms with Gasteiger partial charge in [-0.25, -0.2) is 4.79 Å². The smallest absolute Gasteiger partial charge is 0.328 e. The third-order valence-corrected chi connectivity index (χ3v) is 11.7. The van der Waals surface area contributed by atoms with Crippen molar-refractivity contribution in [2.24, 2.45) is 23.2 Å². The van der Waals surface area contributed by atoms with E-state index in [0.717, 1.165) is 63.7 Å². The van der Waals surface area contributed by atoms with E-state index in [-0.39, 0.29) is 24.8 Å². The summed E-state index contributed by atoms with van der Waals surface area (Å²) in [6.45, 7) is 3.68. The highest BCUT2D eigenvalue weighted by Gasteiger charge is 2.40. The normalized spacial score (nSPS) is 24.3. The van der Waals surface area contributed by atoms with Gasteiger partial charge in [0.05, 0.1) is 10.7 Å². The second-order valence-electron chi connectivity index (χ2n) is 14.0. The highest BCUT2D eigenvalue weighted by molar-refractivity contribution is 6.34. The second kappa shape index (κ2) is 13.2. The minimum atomic E-state index is -0.506. The van der Waals surface area contributed by atoms with E-state index in [0.29, 0.717) is 33.5 Å². The van der Waals surface area contributed by atoms with Crippen LogP contribution in [0.4, 0.5) is 10.5 Å². The first-order valence-electron chi connectivity index (χ1n) is 16.8. The van der Waals surface area contributed by atoms with Gasteiger partial charge in [0, 0.05) is 50.6 Å². The van der Waals surface area contributed by atoms with Crippen LogP contribution in [0.15, 0.2) is 18.2 Å². The molecule has 2 saturated carbocycles. The van der Waals surface area contributed by atoms with E-state index in [1.54, 1.807) is 18.2 Å². The summed E-state index contributed by atoms with van der Waals surface area (Å²) in [7, 11) is 0. The Balaban J connectivity index is 0.952. The molecule has 1 aromatic rings. The minimum Gasteiger partial charge on any atom is -0.342 e. The molecule has 0 unspecified atom stereocenters. The van der Waals surface area contributed by atoms with Crippen LogP contribution in [0.5, 0.6) is 0 Å². The molecule has 9 heteroatoms. The molecule has 0 bridgehead atoms. The standard InChI is InChI=1S/C34H47ClN4O4/c35-28-7-6-27(23-29(28)39-19-12-30(40)36-33(39)43)32(42)38-20-15-34(16-21-38)13-8-24(9-14-34)22-25-10-17-37(18-11-25)31(41)26-4-2-1-3-5-26/h6-7,23-26H,1-5,8-22H2,(H,36,40,43). The van der Waals surface area contributed by atoms with E-state index < -0.39 is 6.03 Å². The molecule has 3 heterocycles. The predicted molar refractivity (Wildman–Crippen MR) is 167 cm³/mol. The Morgan fingerprint density at radius 3 is 2.16 bits per heavy atom. The van der Waals surface area contributed by atoms with Gasteiger partial charge in [-0.1, -0.05) is 30.9 Å². The number of hydrogen-bond acceptors (Lipinski definition) is 4. The van der Waals surface area contributed by atoms with Gasteiger partial charge in [0.25, 0.3) is 5.91 Å². The van der Waals surface area contributed by atoms with Crippen molar-refractivity contribution in [2.75, 3.05) is 37.6 Å². The summed E-state index contributed by atoms with van der Waals surface area (Å²) in [6, 6.07) is 4.58. The number of urea groups is 1. The molecule has 3 saturated heterocycles. The zero-order valence-electron chi connectivity index (χ0n) is 25.5. The van der Waals surface area contributed by atoms with Gasteiger partial charge < -0.3 is 9.80 Å². The third-order valence-electron chi connectivity index (χ3n) is 11.4. The van der Waals surface area contributed by atoms with Crippen LogP contribution in [0.25, 0.3) is 0 Å². The maximum atomic E-state index is 13.5. The number of amides is 5. The maximum Gasteiger partial charge on any atom is 0.328 e. The Morgan fingerprint density at radius 1 is 0.814 bits per heavy atom. The zero-order chi connectivity index (χ0) is 30.0. The second-order valence-corrected chi connectivity index (χ2v) is 14.4. The van der Waals surface area contributed by atoms with E-state index in [4.69, 9.17) is 11.6 Å². The van der Waals surface area contributed by atoms with Gasteiger partial charge in [-0.2, -0.15) is 0 Å². The zero-order valence-corrected chi connectivity index (χ0v) is 26.2. The fraction of sp³-hybridized carbons (Fsp3) is 0.706. The van der Waals surface area contributed by atoms with Crippen LogP contribution in [-0.2, 0) is 9.59 Å². The van der Waals surface area contributed by atoms with Crippen LogP contribution in [0, 0.1) is 23.2 Å². The number of nitrogens with zero attached hydrogens (tertiary/aromatic N) is 3. The predicted octanol–water partition coefficient (Wildman–Crippen LogP) is 6.41. The quantitative estimate of drug-likeness (QED) is 0.417. The van der Waals surface area contributed by atoms with Gasteiger partial charge in [-0.05, 0) is 106 Å². The van der Waals surface area contributed by atoms with Crippen molar-refractivity contribution in [3.63, 3.8) is 0 Å². The van der Waals surface area contributed by atoms with Crippen molar-refractivity contribution >= 4 is 41.0 Å². The van der Waals surface area contributed by atoms with Crippen LogP contribution in [0.3, 0.4) is 0 Å². The number of carbonyl (C=O) groups excluding carboxylic acids is 4.